The van der Waals surface area contributed by atoms with Crippen LogP contribution in [0.25, 0.3) is 0 Å². The summed E-state index contributed by atoms with van der Waals surface area (Å²) in [6.07, 6.45) is 2.54. The van der Waals surface area contributed by atoms with Gasteiger partial charge in [-0.3, -0.25) is 0 Å². The molecule has 0 radical (unpaired) electrons. The third-order valence-electron chi connectivity index (χ3n) is 1.79. The van der Waals surface area contributed by atoms with Crippen LogP contribution in [-0.4, -0.2) is 6.54 Å². The van der Waals surface area contributed by atoms with Crippen molar-refractivity contribution < 1.29 is 4.39 Å². The summed E-state index contributed by atoms with van der Waals surface area (Å²) >= 11 is 0. The summed E-state index contributed by atoms with van der Waals surface area (Å²) in [6, 6.07) is 6.36. The fourth-order valence-electron chi connectivity index (χ4n) is 1.09. The molecule has 14 heavy (non-hydrogen) atoms. The summed E-state index contributed by atoms with van der Waals surface area (Å²) in [6.45, 7) is 4.23. The van der Waals surface area contributed by atoms with Crippen LogP contribution in [0, 0.1) is 17.1 Å². The van der Waals surface area contributed by atoms with Crippen molar-refractivity contribution in [2.24, 2.45) is 0 Å². The van der Waals surface area contributed by atoms with Crippen molar-refractivity contribution in [1.82, 2.24) is 0 Å². The molecule has 0 aliphatic heterocycles. The first-order valence-corrected chi connectivity index (χ1v) is 4.33. The van der Waals surface area contributed by atoms with Crippen molar-refractivity contribution in [1.29, 1.82) is 5.26 Å². The highest BCUT2D eigenvalue weighted by Crippen LogP contribution is 2.17. The second-order valence-corrected chi connectivity index (χ2v) is 2.78. The van der Waals surface area contributed by atoms with Crippen LogP contribution < -0.4 is 5.32 Å². The number of halogens is 1. The van der Waals surface area contributed by atoms with Gasteiger partial charge in [-0.2, -0.15) is 5.26 Å². The molecule has 1 aromatic rings. The maximum absolute atomic E-state index is 13.1. The maximum Gasteiger partial charge on any atom is 0.143 e. The molecule has 0 heterocycles. The minimum atomic E-state index is -0.490. The molecular formula is C11H11FN2. The molecule has 1 aromatic carbocycles. The molecule has 0 aliphatic carbocycles. The number of nitrogens with zero attached hydrogens (tertiary/aromatic N) is 1. The van der Waals surface area contributed by atoms with Gasteiger partial charge in [0.15, 0.2) is 0 Å². The van der Waals surface area contributed by atoms with Crippen molar-refractivity contribution >= 4 is 5.69 Å². The average Bonchev–Trinajstić information content (AvgIpc) is 2.18. The number of benzene rings is 1. The molecule has 0 unspecified atom stereocenters. The first-order chi connectivity index (χ1) is 6.79. The zero-order valence-electron chi connectivity index (χ0n) is 7.76. The van der Waals surface area contributed by atoms with Crippen molar-refractivity contribution in [3.8, 4) is 6.07 Å². The Morgan fingerprint density at radius 3 is 3.00 bits per heavy atom. The maximum atomic E-state index is 13.1. The van der Waals surface area contributed by atoms with Gasteiger partial charge in [0.25, 0.3) is 0 Å². The van der Waals surface area contributed by atoms with E-state index in [1.54, 1.807) is 18.2 Å². The highest BCUT2D eigenvalue weighted by molar-refractivity contribution is 5.57. The molecule has 0 aliphatic rings. The van der Waals surface area contributed by atoms with Crippen LogP contribution in [0.1, 0.15) is 12.0 Å². The van der Waals surface area contributed by atoms with Gasteiger partial charge in [-0.25, -0.2) is 4.39 Å². The fourth-order valence-corrected chi connectivity index (χ4v) is 1.09. The van der Waals surface area contributed by atoms with Crippen molar-refractivity contribution in [2.75, 3.05) is 11.9 Å². The zero-order chi connectivity index (χ0) is 10.4. The van der Waals surface area contributed by atoms with E-state index in [0.29, 0.717) is 12.2 Å². The SMILES string of the molecule is C=CCCNc1cccc(F)c1C#N. The van der Waals surface area contributed by atoms with E-state index in [9.17, 15) is 4.39 Å². The topological polar surface area (TPSA) is 35.8 Å². The standard InChI is InChI=1S/C11H11FN2/c1-2-3-7-14-11-6-4-5-10(12)9(11)8-13/h2,4-6,14H,1,3,7H2. The van der Waals surface area contributed by atoms with Gasteiger partial charge in [0, 0.05) is 6.54 Å². The van der Waals surface area contributed by atoms with Crippen molar-refractivity contribution in [2.45, 2.75) is 6.42 Å². The van der Waals surface area contributed by atoms with E-state index in [-0.39, 0.29) is 5.56 Å². The molecule has 0 saturated carbocycles. The van der Waals surface area contributed by atoms with Gasteiger partial charge >= 0.3 is 0 Å². The van der Waals surface area contributed by atoms with E-state index in [0.717, 1.165) is 6.42 Å². The Labute approximate surface area is 82.7 Å². The normalized spacial score (nSPS) is 9.14. The highest BCUT2D eigenvalue weighted by atomic mass is 19.1. The molecule has 0 saturated heterocycles. The monoisotopic (exact) mass is 190 g/mol. The minimum absolute atomic E-state index is 0.0663. The van der Waals surface area contributed by atoms with E-state index < -0.39 is 5.82 Å². The Bertz CT molecular complexity index is 366. The fraction of sp³-hybridized carbons (Fsp3) is 0.182. The third kappa shape index (κ3) is 2.33. The quantitative estimate of drug-likeness (QED) is 0.585. The number of anilines is 1. The van der Waals surface area contributed by atoms with Crippen LogP contribution in [0.3, 0.4) is 0 Å². The lowest BCUT2D eigenvalue weighted by molar-refractivity contribution is 0.624. The van der Waals surface area contributed by atoms with Gasteiger partial charge in [0.2, 0.25) is 0 Å². The molecule has 0 atom stereocenters. The van der Waals surface area contributed by atoms with E-state index in [1.807, 2.05) is 6.07 Å². The molecule has 1 rings (SSSR count). The molecule has 0 fully saturated rings. The average molecular weight is 190 g/mol. The molecule has 2 nitrogen and oxygen atoms in total. The van der Waals surface area contributed by atoms with Crippen LogP contribution in [0.2, 0.25) is 0 Å². The first-order valence-electron chi connectivity index (χ1n) is 4.33. The molecule has 72 valence electrons. The Hall–Kier alpha value is -1.82. The number of nitrogens with one attached hydrogen (secondary N) is 1. The smallest absolute Gasteiger partial charge is 0.143 e. The van der Waals surface area contributed by atoms with E-state index in [2.05, 4.69) is 11.9 Å². The van der Waals surface area contributed by atoms with Crippen LogP contribution >= 0.6 is 0 Å². The lowest BCUT2D eigenvalue weighted by Gasteiger charge is -2.06. The minimum Gasteiger partial charge on any atom is -0.384 e. The number of nitriles is 1. The van der Waals surface area contributed by atoms with Gasteiger partial charge in [0.05, 0.1) is 5.69 Å². The van der Waals surface area contributed by atoms with Crippen molar-refractivity contribution in [3.05, 3.63) is 42.2 Å². The first kappa shape index (κ1) is 10.3. The number of hydrogen-bond donors (Lipinski definition) is 1. The summed E-state index contributed by atoms with van der Waals surface area (Å²) < 4.78 is 13.1. The van der Waals surface area contributed by atoms with E-state index >= 15 is 0 Å². The second kappa shape index (κ2) is 5.03. The number of rotatable bonds is 4. The molecule has 1 N–H and O–H groups in total. The lowest BCUT2D eigenvalue weighted by Crippen LogP contribution is -2.03. The molecular weight excluding hydrogens is 179 g/mol. The van der Waals surface area contributed by atoms with Gasteiger partial charge in [0.1, 0.15) is 17.4 Å². The summed E-state index contributed by atoms with van der Waals surface area (Å²) in [5, 5.41) is 11.7. The Morgan fingerprint density at radius 2 is 2.36 bits per heavy atom. The third-order valence-corrected chi connectivity index (χ3v) is 1.79. The van der Waals surface area contributed by atoms with Crippen LogP contribution in [0.4, 0.5) is 10.1 Å². The zero-order valence-corrected chi connectivity index (χ0v) is 7.76. The predicted octanol–water partition coefficient (Wildman–Crippen LogP) is 2.69. The van der Waals surface area contributed by atoms with Gasteiger partial charge < -0.3 is 5.32 Å². The molecule has 0 bridgehead atoms. The summed E-state index contributed by atoms with van der Waals surface area (Å²) in [5.74, 6) is -0.490. The molecule has 0 aromatic heterocycles. The van der Waals surface area contributed by atoms with E-state index in [4.69, 9.17) is 5.26 Å². The van der Waals surface area contributed by atoms with Crippen LogP contribution in [0.15, 0.2) is 30.9 Å². The number of hydrogen-bond acceptors (Lipinski definition) is 2. The van der Waals surface area contributed by atoms with Crippen molar-refractivity contribution in [3.63, 3.8) is 0 Å². The molecule has 3 heteroatoms. The van der Waals surface area contributed by atoms with Gasteiger partial charge in [-0.1, -0.05) is 12.1 Å². The lowest BCUT2D eigenvalue weighted by atomic mass is 10.2. The van der Waals surface area contributed by atoms with E-state index in [1.165, 1.54) is 6.07 Å². The molecule has 0 amide bonds. The predicted molar refractivity (Wildman–Crippen MR) is 54.4 cm³/mol. The van der Waals surface area contributed by atoms with Crippen LogP contribution in [-0.2, 0) is 0 Å². The molecule has 0 spiro atoms. The Kier molecular flexibility index (Phi) is 3.69. The summed E-state index contributed by atoms with van der Waals surface area (Å²) in [5.41, 5.74) is 0.603. The Morgan fingerprint density at radius 1 is 1.57 bits per heavy atom. The Balaban J connectivity index is 2.81. The van der Waals surface area contributed by atoms with Gasteiger partial charge in [-0.15, -0.1) is 6.58 Å². The summed E-state index contributed by atoms with van der Waals surface area (Å²) in [4.78, 5) is 0. The summed E-state index contributed by atoms with van der Waals surface area (Å²) in [7, 11) is 0. The second-order valence-electron chi connectivity index (χ2n) is 2.78. The highest BCUT2D eigenvalue weighted by Gasteiger charge is 2.05. The largest absolute Gasteiger partial charge is 0.384 e. The van der Waals surface area contributed by atoms with Crippen LogP contribution in [0.5, 0.6) is 0 Å². The van der Waals surface area contributed by atoms with Gasteiger partial charge in [-0.05, 0) is 18.6 Å².